The van der Waals surface area contributed by atoms with Crippen LogP contribution in [0.3, 0.4) is 0 Å². The molecule has 18 heavy (non-hydrogen) atoms. The van der Waals surface area contributed by atoms with E-state index in [1.54, 1.807) is 30.2 Å². The number of hydrogen-bond donors (Lipinski definition) is 1. The number of aromatic nitrogens is 1. The molecule has 1 N–H and O–H groups in total. The molecule has 1 saturated heterocycles. The van der Waals surface area contributed by atoms with Crippen LogP contribution in [-0.4, -0.2) is 40.2 Å². The first-order valence-electron chi connectivity index (χ1n) is 5.62. The number of anilines is 1. The summed E-state index contributed by atoms with van der Waals surface area (Å²) < 4.78 is 0. The Morgan fingerprint density at radius 2 is 2.56 bits per heavy atom. The van der Waals surface area contributed by atoms with Gasteiger partial charge in [-0.3, -0.25) is 9.78 Å². The minimum Gasteiger partial charge on any atom is -0.481 e. The van der Waals surface area contributed by atoms with Crippen LogP contribution in [0.5, 0.6) is 0 Å². The molecule has 5 nitrogen and oxygen atoms in total. The minimum atomic E-state index is -0.810. The highest BCUT2D eigenvalue weighted by Gasteiger charge is 2.26. The second kappa shape index (κ2) is 5.74. The van der Waals surface area contributed by atoms with Gasteiger partial charge in [0.2, 0.25) is 0 Å². The maximum atomic E-state index is 10.9. The standard InChI is InChI=1S/C12H13N3O2S/c13-6-9-1-2-14-7-11(9)15-3-4-18-8-10(15)5-12(16)17/h1-2,7,10H,3-5,8H2,(H,16,17). The molecule has 0 aromatic carbocycles. The number of carboxylic acids is 1. The fourth-order valence-corrected chi connectivity index (χ4v) is 3.11. The van der Waals surface area contributed by atoms with Crippen molar-refractivity contribution in [3.63, 3.8) is 0 Å². The van der Waals surface area contributed by atoms with Crippen molar-refractivity contribution in [2.24, 2.45) is 0 Å². The zero-order chi connectivity index (χ0) is 13.0. The topological polar surface area (TPSA) is 77.2 Å². The van der Waals surface area contributed by atoms with Crippen molar-refractivity contribution in [1.82, 2.24) is 4.98 Å². The van der Waals surface area contributed by atoms with Gasteiger partial charge in [-0.05, 0) is 6.07 Å². The molecule has 0 radical (unpaired) electrons. The van der Waals surface area contributed by atoms with Crippen molar-refractivity contribution in [3.8, 4) is 6.07 Å². The summed E-state index contributed by atoms with van der Waals surface area (Å²) >= 11 is 1.75. The number of aliphatic carboxylic acids is 1. The van der Waals surface area contributed by atoms with E-state index in [0.717, 1.165) is 23.7 Å². The van der Waals surface area contributed by atoms with Gasteiger partial charge in [0.1, 0.15) is 6.07 Å². The second-order valence-corrected chi connectivity index (χ2v) is 5.17. The average molecular weight is 263 g/mol. The van der Waals surface area contributed by atoms with Crippen LogP contribution in [-0.2, 0) is 4.79 Å². The highest BCUT2D eigenvalue weighted by molar-refractivity contribution is 7.99. The van der Waals surface area contributed by atoms with Gasteiger partial charge in [-0.1, -0.05) is 0 Å². The van der Waals surface area contributed by atoms with Crippen molar-refractivity contribution >= 4 is 23.4 Å². The van der Waals surface area contributed by atoms with Crippen LogP contribution in [0.25, 0.3) is 0 Å². The lowest BCUT2D eigenvalue weighted by Gasteiger charge is -2.36. The third kappa shape index (κ3) is 2.74. The van der Waals surface area contributed by atoms with Crippen LogP contribution in [0.4, 0.5) is 5.69 Å². The molecule has 0 amide bonds. The number of carboxylic acid groups (broad SMARTS) is 1. The van der Waals surface area contributed by atoms with Crippen LogP contribution < -0.4 is 4.90 Å². The number of hydrogen-bond acceptors (Lipinski definition) is 5. The predicted octanol–water partition coefficient (Wildman–Crippen LogP) is 1.35. The Hall–Kier alpha value is -1.74. The first-order chi connectivity index (χ1) is 8.72. The van der Waals surface area contributed by atoms with E-state index in [9.17, 15) is 4.79 Å². The number of nitriles is 1. The fourth-order valence-electron chi connectivity index (χ4n) is 2.05. The zero-order valence-electron chi connectivity index (χ0n) is 9.74. The smallest absolute Gasteiger partial charge is 0.305 e. The molecule has 2 rings (SSSR count). The van der Waals surface area contributed by atoms with Gasteiger partial charge < -0.3 is 10.0 Å². The van der Waals surface area contributed by atoms with Crippen molar-refractivity contribution in [2.45, 2.75) is 12.5 Å². The second-order valence-electron chi connectivity index (χ2n) is 4.02. The fraction of sp³-hybridized carbons (Fsp3) is 0.417. The molecule has 0 spiro atoms. The molecule has 0 aliphatic carbocycles. The van der Waals surface area contributed by atoms with Gasteiger partial charge in [-0.25, -0.2) is 0 Å². The molecule has 94 valence electrons. The lowest BCUT2D eigenvalue weighted by Crippen LogP contribution is -2.44. The number of thioether (sulfide) groups is 1. The van der Waals surface area contributed by atoms with E-state index in [4.69, 9.17) is 10.4 Å². The Morgan fingerprint density at radius 1 is 1.72 bits per heavy atom. The summed E-state index contributed by atoms with van der Waals surface area (Å²) in [6.45, 7) is 0.753. The van der Waals surface area contributed by atoms with E-state index in [-0.39, 0.29) is 12.5 Å². The molecule has 0 bridgehead atoms. The molecule has 1 aromatic rings. The summed E-state index contributed by atoms with van der Waals surface area (Å²) in [6.07, 6.45) is 3.31. The summed E-state index contributed by atoms with van der Waals surface area (Å²) in [7, 11) is 0. The Labute approximate surface area is 109 Å². The van der Waals surface area contributed by atoms with Crippen LogP contribution in [0.15, 0.2) is 18.5 Å². The summed E-state index contributed by atoms with van der Waals surface area (Å²) in [4.78, 5) is 16.9. The number of rotatable bonds is 3. The molecule has 1 atom stereocenters. The van der Waals surface area contributed by atoms with Crippen LogP contribution >= 0.6 is 11.8 Å². The lowest BCUT2D eigenvalue weighted by atomic mass is 10.1. The third-order valence-electron chi connectivity index (χ3n) is 2.87. The van der Waals surface area contributed by atoms with E-state index in [1.807, 2.05) is 4.90 Å². The number of nitrogens with zero attached hydrogens (tertiary/aromatic N) is 3. The van der Waals surface area contributed by atoms with Gasteiger partial charge in [0.15, 0.2) is 0 Å². The van der Waals surface area contributed by atoms with Crippen LogP contribution in [0.2, 0.25) is 0 Å². The summed E-state index contributed by atoms with van der Waals surface area (Å²) in [5.74, 6) is 0.900. The maximum Gasteiger partial charge on any atom is 0.305 e. The van der Waals surface area contributed by atoms with E-state index in [0.29, 0.717) is 5.56 Å². The van der Waals surface area contributed by atoms with Crippen molar-refractivity contribution in [1.29, 1.82) is 5.26 Å². The largest absolute Gasteiger partial charge is 0.481 e. The number of pyridine rings is 1. The van der Waals surface area contributed by atoms with E-state index in [1.165, 1.54) is 0 Å². The van der Waals surface area contributed by atoms with Crippen LogP contribution in [0, 0.1) is 11.3 Å². The maximum absolute atomic E-state index is 10.9. The summed E-state index contributed by atoms with van der Waals surface area (Å²) in [5, 5.41) is 18.0. The Kier molecular flexibility index (Phi) is 4.05. The molecule has 1 aliphatic rings. The number of carbonyl (C=O) groups is 1. The molecular weight excluding hydrogens is 250 g/mol. The van der Waals surface area contributed by atoms with E-state index < -0.39 is 5.97 Å². The molecule has 1 fully saturated rings. The van der Waals surface area contributed by atoms with Gasteiger partial charge in [0, 0.05) is 30.3 Å². The molecule has 2 heterocycles. The SMILES string of the molecule is N#Cc1ccncc1N1CCSCC1CC(=O)O. The first-order valence-corrected chi connectivity index (χ1v) is 6.78. The lowest BCUT2D eigenvalue weighted by molar-refractivity contribution is -0.137. The monoisotopic (exact) mass is 263 g/mol. The van der Waals surface area contributed by atoms with Gasteiger partial charge in [0.25, 0.3) is 0 Å². The summed E-state index contributed by atoms with van der Waals surface area (Å²) in [6, 6.07) is 3.72. The van der Waals surface area contributed by atoms with E-state index in [2.05, 4.69) is 11.1 Å². The van der Waals surface area contributed by atoms with Gasteiger partial charge in [-0.2, -0.15) is 17.0 Å². The van der Waals surface area contributed by atoms with E-state index >= 15 is 0 Å². The third-order valence-corrected chi connectivity index (χ3v) is 3.96. The highest BCUT2D eigenvalue weighted by Crippen LogP contribution is 2.27. The summed E-state index contributed by atoms with van der Waals surface area (Å²) in [5.41, 5.74) is 1.29. The quantitative estimate of drug-likeness (QED) is 0.887. The zero-order valence-corrected chi connectivity index (χ0v) is 10.6. The van der Waals surface area contributed by atoms with Crippen molar-refractivity contribution in [3.05, 3.63) is 24.0 Å². The molecular formula is C12H13N3O2S. The van der Waals surface area contributed by atoms with Crippen LogP contribution in [0.1, 0.15) is 12.0 Å². The van der Waals surface area contributed by atoms with Crippen molar-refractivity contribution in [2.75, 3.05) is 23.0 Å². The predicted molar refractivity (Wildman–Crippen MR) is 69.7 cm³/mol. The van der Waals surface area contributed by atoms with Crippen molar-refractivity contribution < 1.29 is 9.90 Å². The Bertz CT molecular complexity index is 486. The molecule has 6 heteroatoms. The minimum absolute atomic E-state index is 0.0717. The van der Waals surface area contributed by atoms with Gasteiger partial charge in [-0.15, -0.1) is 0 Å². The molecule has 0 saturated carbocycles. The molecule has 1 aliphatic heterocycles. The normalized spacial score (nSPS) is 19.3. The Morgan fingerprint density at radius 3 is 3.28 bits per heavy atom. The first kappa shape index (κ1) is 12.7. The Balaban J connectivity index is 2.28. The van der Waals surface area contributed by atoms with Gasteiger partial charge in [0.05, 0.1) is 23.9 Å². The average Bonchev–Trinajstić information content (AvgIpc) is 2.39. The molecule has 1 aromatic heterocycles. The van der Waals surface area contributed by atoms with Gasteiger partial charge >= 0.3 is 5.97 Å². The highest BCUT2D eigenvalue weighted by atomic mass is 32.2. The molecule has 1 unspecified atom stereocenters.